The summed E-state index contributed by atoms with van der Waals surface area (Å²) in [6.07, 6.45) is 4.40. The molecule has 1 aromatic heterocycles. The highest BCUT2D eigenvalue weighted by atomic mass is 16.5. The van der Waals surface area contributed by atoms with Crippen molar-refractivity contribution in [1.29, 1.82) is 0 Å². The fourth-order valence-corrected chi connectivity index (χ4v) is 3.02. The second kappa shape index (κ2) is 10.4. The number of methoxy groups -OCH3 is 2. The topological polar surface area (TPSA) is 88.3 Å². The maximum Gasteiger partial charge on any atom is 0.246 e. The number of nitrogens with one attached hydrogen (secondary N) is 3. The fourth-order valence-electron chi connectivity index (χ4n) is 3.02. The monoisotopic (exact) mass is 394 g/mol. The number of anilines is 1. The zero-order valence-corrected chi connectivity index (χ0v) is 16.6. The summed E-state index contributed by atoms with van der Waals surface area (Å²) in [6, 6.07) is 14.7. The number of hydrogen-bond donors (Lipinski definition) is 3. The van der Waals surface area contributed by atoms with Gasteiger partial charge in [-0.1, -0.05) is 24.3 Å². The number of rotatable bonds is 10. The summed E-state index contributed by atoms with van der Waals surface area (Å²) >= 11 is 0. The number of H-pyrrole nitrogens is 1. The summed E-state index contributed by atoms with van der Waals surface area (Å²) in [5.41, 5.74) is 3.60. The van der Waals surface area contributed by atoms with Gasteiger partial charge < -0.3 is 20.1 Å². The van der Waals surface area contributed by atoms with Crippen molar-refractivity contribution in [2.45, 2.75) is 12.5 Å². The number of aromatic nitrogens is 2. The Hall–Kier alpha value is -3.16. The van der Waals surface area contributed by atoms with Crippen LogP contribution in [0.5, 0.6) is 5.75 Å². The van der Waals surface area contributed by atoms with Crippen molar-refractivity contribution >= 4 is 11.6 Å². The van der Waals surface area contributed by atoms with Gasteiger partial charge in [0.1, 0.15) is 11.8 Å². The number of amides is 1. The third kappa shape index (κ3) is 5.66. The van der Waals surface area contributed by atoms with Crippen molar-refractivity contribution in [2.75, 3.05) is 32.7 Å². The average Bonchev–Trinajstić information content (AvgIpc) is 3.29. The van der Waals surface area contributed by atoms with Crippen molar-refractivity contribution < 1.29 is 14.3 Å². The summed E-state index contributed by atoms with van der Waals surface area (Å²) in [4.78, 5) is 13.0. The third-order valence-corrected chi connectivity index (χ3v) is 4.55. The molecule has 3 N–H and O–H groups in total. The van der Waals surface area contributed by atoms with E-state index < -0.39 is 6.04 Å². The van der Waals surface area contributed by atoms with Crippen LogP contribution in [0.15, 0.2) is 60.9 Å². The molecule has 0 saturated carbocycles. The number of ether oxygens (including phenoxy) is 2. The lowest BCUT2D eigenvalue weighted by Gasteiger charge is -2.19. The van der Waals surface area contributed by atoms with E-state index in [9.17, 15) is 4.79 Å². The molecule has 0 saturated heterocycles. The second-order valence-corrected chi connectivity index (χ2v) is 6.56. The highest BCUT2D eigenvalue weighted by molar-refractivity contribution is 5.95. The Morgan fingerprint density at radius 1 is 1.14 bits per heavy atom. The van der Waals surface area contributed by atoms with Gasteiger partial charge in [0.05, 0.1) is 13.3 Å². The Morgan fingerprint density at radius 2 is 1.97 bits per heavy atom. The van der Waals surface area contributed by atoms with Crippen LogP contribution >= 0.6 is 0 Å². The van der Waals surface area contributed by atoms with E-state index in [0.717, 1.165) is 28.8 Å². The Morgan fingerprint density at radius 3 is 2.66 bits per heavy atom. The molecular formula is C22H26N4O3. The van der Waals surface area contributed by atoms with E-state index in [1.807, 2.05) is 54.7 Å². The van der Waals surface area contributed by atoms with Crippen LogP contribution in [0, 0.1) is 0 Å². The minimum absolute atomic E-state index is 0.133. The normalized spacial score (nSPS) is 11.8. The molecule has 7 heteroatoms. The van der Waals surface area contributed by atoms with Crippen molar-refractivity contribution in [3.8, 4) is 16.9 Å². The van der Waals surface area contributed by atoms with Crippen LogP contribution in [0.2, 0.25) is 0 Å². The van der Waals surface area contributed by atoms with Gasteiger partial charge in [0.2, 0.25) is 5.91 Å². The van der Waals surface area contributed by atoms with Crippen LogP contribution in [-0.2, 0) is 9.53 Å². The van der Waals surface area contributed by atoms with Crippen molar-refractivity contribution in [1.82, 2.24) is 15.5 Å². The highest BCUT2D eigenvalue weighted by Crippen LogP contribution is 2.23. The summed E-state index contributed by atoms with van der Waals surface area (Å²) in [6.45, 7) is 1.29. The van der Waals surface area contributed by atoms with Gasteiger partial charge in [0, 0.05) is 31.2 Å². The predicted octanol–water partition coefficient (Wildman–Crippen LogP) is 3.39. The quantitative estimate of drug-likeness (QED) is 0.459. The fraction of sp³-hybridized carbons (Fsp3) is 0.273. The molecule has 2 aromatic carbocycles. The molecule has 1 unspecified atom stereocenters. The van der Waals surface area contributed by atoms with E-state index in [2.05, 4.69) is 20.8 Å². The van der Waals surface area contributed by atoms with E-state index in [0.29, 0.717) is 18.9 Å². The van der Waals surface area contributed by atoms with Gasteiger partial charge >= 0.3 is 0 Å². The lowest BCUT2D eigenvalue weighted by Crippen LogP contribution is -2.34. The molecule has 0 radical (unpaired) electrons. The first-order valence-corrected chi connectivity index (χ1v) is 9.47. The molecular weight excluding hydrogens is 368 g/mol. The molecule has 1 amide bonds. The minimum Gasteiger partial charge on any atom is -0.497 e. The molecule has 0 fully saturated rings. The lowest BCUT2D eigenvalue weighted by atomic mass is 10.0. The van der Waals surface area contributed by atoms with E-state index in [4.69, 9.17) is 9.47 Å². The number of nitrogens with zero attached hydrogens (tertiary/aromatic N) is 1. The number of carbonyl (C=O) groups is 1. The molecule has 0 aliphatic heterocycles. The predicted molar refractivity (Wildman–Crippen MR) is 113 cm³/mol. The first kappa shape index (κ1) is 20.6. The maximum atomic E-state index is 13.0. The van der Waals surface area contributed by atoms with Crippen LogP contribution in [0.1, 0.15) is 18.0 Å². The molecule has 0 aliphatic carbocycles. The van der Waals surface area contributed by atoms with Crippen molar-refractivity contribution in [2.24, 2.45) is 0 Å². The van der Waals surface area contributed by atoms with E-state index in [-0.39, 0.29) is 5.91 Å². The first-order valence-electron chi connectivity index (χ1n) is 9.47. The summed E-state index contributed by atoms with van der Waals surface area (Å²) in [5, 5.41) is 13.1. The van der Waals surface area contributed by atoms with Gasteiger partial charge in [0.15, 0.2) is 0 Å². The van der Waals surface area contributed by atoms with Gasteiger partial charge in [-0.2, -0.15) is 5.10 Å². The van der Waals surface area contributed by atoms with Crippen molar-refractivity contribution in [3.63, 3.8) is 0 Å². The van der Waals surface area contributed by atoms with Crippen molar-refractivity contribution in [3.05, 3.63) is 66.5 Å². The van der Waals surface area contributed by atoms with Crippen LogP contribution in [-0.4, -0.2) is 43.5 Å². The minimum atomic E-state index is -0.504. The van der Waals surface area contributed by atoms with Gasteiger partial charge in [0.25, 0.3) is 0 Å². The van der Waals surface area contributed by atoms with E-state index in [1.54, 1.807) is 20.4 Å². The molecule has 0 spiro atoms. The molecule has 1 atom stereocenters. The molecule has 1 heterocycles. The molecule has 3 aromatic rings. The molecule has 7 nitrogen and oxygen atoms in total. The molecule has 3 rings (SSSR count). The maximum absolute atomic E-state index is 13.0. The Kier molecular flexibility index (Phi) is 7.38. The van der Waals surface area contributed by atoms with Crippen LogP contribution in [0.3, 0.4) is 0 Å². The van der Waals surface area contributed by atoms with Crippen LogP contribution in [0.4, 0.5) is 5.69 Å². The zero-order valence-electron chi connectivity index (χ0n) is 16.6. The number of carbonyl (C=O) groups excluding carboxylic acids is 1. The average molecular weight is 394 g/mol. The Balaban J connectivity index is 1.72. The molecule has 0 bridgehead atoms. The SMILES string of the molecule is COCCCNC(C(=O)Nc1ccc(-c2cn[nH]c2)cc1)c1cccc(OC)c1. The number of benzene rings is 2. The second-order valence-electron chi connectivity index (χ2n) is 6.56. The summed E-state index contributed by atoms with van der Waals surface area (Å²) < 4.78 is 10.4. The third-order valence-electron chi connectivity index (χ3n) is 4.55. The van der Waals surface area contributed by atoms with Crippen LogP contribution < -0.4 is 15.4 Å². The summed E-state index contributed by atoms with van der Waals surface area (Å²) in [5.74, 6) is 0.579. The summed E-state index contributed by atoms with van der Waals surface area (Å²) in [7, 11) is 3.28. The molecule has 29 heavy (non-hydrogen) atoms. The largest absolute Gasteiger partial charge is 0.497 e. The van der Waals surface area contributed by atoms with Gasteiger partial charge in [-0.05, 0) is 48.4 Å². The van der Waals surface area contributed by atoms with Gasteiger partial charge in [-0.15, -0.1) is 0 Å². The van der Waals surface area contributed by atoms with Gasteiger partial charge in [-0.25, -0.2) is 0 Å². The highest BCUT2D eigenvalue weighted by Gasteiger charge is 2.20. The first-order chi connectivity index (χ1) is 14.2. The zero-order chi connectivity index (χ0) is 20.5. The molecule has 0 aliphatic rings. The number of hydrogen-bond acceptors (Lipinski definition) is 5. The smallest absolute Gasteiger partial charge is 0.246 e. The standard InChI is InChI=1S/C22H26N4O3/c1-28-12-4-11-23-21(17-5-3-6-20(13-17)29-2)22(27)26-19-9-7-16(8-10-19)18-14-24-25-15-18/h3,5-10,13-15,21,23H,4,11-12H2,1-2H3,(H,24,25)(H,26,27). The van der Waals surface area contributed by atoms with E-state index >= 15 is 0 Å². The van der Waals surface area contributed by atoms with E-state index in [1.165, 1.54) is 0 Å². The van der Waals surface area contributed by atoms with Crippen LogP contribution in [0.25, 0.3) is 11.1 Å². The molecule has 152 valence electrons. The van der Waals surface area contributed by atoms with Gasteiger partial charge in [-0.3, -0.25) is 9.89 Å². The lowest BCUT2D eigenvalue weighted by molar-refractivity contribution is -0.118. The Labute approximate surface area is 170 Å². The Bertz CT molecular complexity index is 895. The number of aromatic amines is 1.